The van der Waals surface area contributed by atoms with Crippen molar-refractivity contribution < 1.29 is 19.4 Å². The van der Waals surface area contributed by atoms with Gasteiger partial charge in [0.2, 0.25) is 0 Å². The van der Waals surface area contributed by atoms with Crippen molar-refractivity contribution >= 4 is 23.7 Å². The first kappa shape index (κ1) is 24.4. The number of hydrogen-bond donors (Lipinski definition) is 4. The standard InChI is InChI=1S/C26H32ClN3O4/c1-16-4-5-17(27)8-23(16)34-20-11-26(12-20)9-18(10-26)30-24(31)21(13-28)22-7-6-19(14-29-22)33-15-25(2,3)32/h4-8,13-14,18,20,28-29,32H,9-12,15H2,1-3H3,(H,30,31)/b22-21+,28-13?. The largest absolute Gasteiger partial charge is 0.490 e. The molecule has 1 aromatic rings. The lowest BCUT2D eigenvalue weighted by molar-refractivity contribution is -0.123. The molecule has 1 aliphatic heterocycles. The van der Waals surface area contributed by atoms with Crippen LogP contribution in [-0.4, -0.2) is 41.6 Å². The molecule has 4 rings (SSSR count). The number of amides is 1. The van der Waals surface area contributed by atoms with Crippen LogP contribution in [-0.2, 0) is 9.53 Å². The maximum atomic E-state index is 12.8. The molecule has 2 aliphatic carbocycles. The van der Waals surface area contributed by atoms with E-state index >= 15 is 0 Å². The van der Waals surface area contributed by atoms with Crippen LogP contribution in [0.5, 0.6) is 5.75 Å². The summed E-state index contributed by atoms with van der Waals surface area (Å²) in [6.45, 7) is 5.49. The Hall–Kier alpha value is -2.77. The van der Waals surface area contributed by atoms with Crippen LogP contribution >= 0.6 is 11.6 Å². The molecule has 1 aromatic carbocycles. The van der Waals surface area contributed by atoms with Crippen LogP contribution in [0.4, 0.5) is 0 Å². The third-order valence-electron chi connectivity index (χ3n) is 6.51. The Labute approximate surface area is 205 Å². The molecule has 0 saturated heterocycles. The molecule has 2 saturated carbocycles. The van der Waals surface area contributed by atoms with Crippen LogP contribution in [0.25, 0.3) is 0 Å². The van der Waals surface area contributed by atoms with E-state index in [4.69, 9.17) is 26.5 Å². The molecular weight excluding hydrogens is 454 g/mol. The first-order valence-corrected chi connectivity index (χ1v) is 11.9. The van der Waals surface area contributed by atoms with Crippen LogP contribution in [0, 0.1) is 17.7 Å². The number of benzene rings is 1. The van der Waals surface area contributed by atoms with Crippen molar-refractivity contribution in [3.8, 4) is 5.75 Å². The number of ether oxygens (including phenoxy) is 2. The van der Waals surface area contributed by atoms with Gasteiger partial charge in [-0.05, 0) is 81.7 Å². The van der Waals surface area contributed by atoms with Crippen molar-refractivity contribution in [3.05, 3.63) is 64.2 Å². The average Bonchev–Trinajstić information content (AvgIpc) is 2.72. The Morgan fingerprint density at radius 3 is 2.68 bits per heavy atom. The lowest BCUT2D eigenvalue weighted by atomic mass is 9.53. The Balaban J connectivity index is 1.24. The molecule has 34 heavy (non-hydrogen) atoms. The number of hydrogen-bond acceptors (Lipinski definition) is 6. The minimum Gasteiger partial charge on any atom is -0.490 e. The third kappa shape index (κ3) is 5.65. The maximum absolute atomic E-state index is 12.8. The van der Waals surface area contributed by atoms with Gasteiger partial charge >= 0.3 is 0 Å². The van der Waals surface area contributed by atoms with Gasteiger partial charge in [-0.15, -0.1) is 0 Å². The predicted molar refractivity (Wildman–Crippen MR) is 132 cm³/mol. The van der Waals surface area contributed by atoms with Gasteiger partial charge in [0, 0.05) is 23.5 Å². The fourth-order valence-corrected chi connectivity index (χ4v) is 4.91. The smallest absolute Gasteiger partial charge is 0.255 e. The van der Waals surface area contributed by atoms with E-state index in [1.54, 1.807) is 32.2 Å². The molecule has 1 spiro atoms. The highest BCUT2D eigenvalue weighted by molar-refractivity contribution is 6.30. The summed E-state index contributed by atoms with van der Waals surface area (Å²) in [6.07, 6.45) is 10.1. The Kier molecular flexibility index (Phi) is 6.78. The van der Waals surface area contributed by atoms with Gasteiger partial charge in [-0.1, -0.05) is 17.7 Å². The number of aliphatic hydroxyl groups is 1. The van der Waals surface area contributed by atoms with Gasteiger partial charge in [0.05, 0.1) is 23.0 Å². The van der Waals surface area contributed by atoms with Crippen molar-refractivity contribution in [2.24, 2.45) is 5.41 Å². The summed E-state index contributed by atoms with van der Waals surface area (Å²) in [5.74, 6) is 1.12. The number of allylic oxidation sites excluding steroid dienone is 2. The second-order valence-electron chi connectivity index (χ2n) is 10.2. The maximum Gasteiger partial charge on any atom is 0.255 e. The minimum atomic E-state index is -0.939. The SMILES string of the molecule is Cc1ccc(Cl)cc1OC1CC2(CC(NC(=O)/C(C=N)=C3\C=CC(OCC(C)(C)O)=CN3)C2)C1. The summed E-state index contributed by atoms with van der Waals surface area (Å²) < 4.78 is 11.7. The van der Waals surface area contributed by atoms with E-state index in [1.165, 1.54) is 0 Å². The van der Waals surface area contributed by atoms with Gasteiger partial charge in [0.15, 0.2) is 0 Å². The number of halogens is 1. The van der Waals surface area contributed by atoms with Gasteiger partial charge in [-0.2, -0.15) is 0 Å². The Morgan fingerprint density at radius 1 is 1.32 bits per heavy atom. The zero-order valence-electron chi connectivity index (χ0n) is 19.8. The normalized spacial score (nSPS) is 27.0. The van der Waals surface area contributed by atoms with Crippen LogP contribution in [0.2, 0.25) is 5.02 Å². The first-order valence-electron chi connectivity index (χ1n) is 11.5. The summed E-state index contributed by atoms with van der Waals surface area (Å²) in [4.78, 5) is 12.8. The molecule has 3 aliphatic rings. The number of rotatable bonds is 8. The molecule has 0 atom stereocenters. The zero-order valence-corrected chi connectivity index (χ0v) is 20.5. The van der Waals surface area contributed by atoms with E-state index in [2.05, 4.69) is 10.6 Å². The van der Waals surface area contributed by atoms with E-state index in [0.717, 1.165) is 43.2 Å². The molecule has 182 valence electrons. The van der Waals surface area contributed by atoms with Crippen LogP contribution in [0.1, 0.15) is 45.1 Å². The fourth-order valence-electron chi connectivity index (χ4n) is 4.75. The summed E-state index contributed by atoms with van der Waals surface area (Å²) in [6, 6.07) is 5.80. The molecule has 4 N–H and O–H groups in total. The molecular formula is C26H32ClN3O4. The minimum absolute atomic E-state index is 0.102. The number of carbonyl (C=O) groups excluding carboxylic acids is 1. The predicted octanol–water partition coefficient (Wildman–Crippen LogP) is 4.15. The quantitative estimate of drug-likeness (QED) is 0.327. The molecule has 0 radical (unpaired) electrons. The highest BCUT2D eigenvalue weighted by Gasteiger charge is 2.54. The molecule has 8 heteroatoms. The third-order valence-corrected chi connectivity index (χ3v) is 6.75. The van der Waals surface area contributed by atoms with E-state index in [-0.39, 0.29) is 35.6 Å². The van der Waals surface area contributed by atoms with Crippen LogP contribution < -0.4 is 15.4 Å². The van der Waals surface area contributed by atoms with E-state index in [9.17, 15) is 9.90 Å². The van der Waals surface area contributed by atoms with E-state index < -0.39 is 5.60 Å². The van der Waals surface area contributed by atoms with Crippen LogP contribution in [0.15, 0.2) is 53.6 Å². The van der Waals surface area contributed by atoms with Crippen molar-refractivity contribution in [2.45, 2.75) is 64.2 Å². The fraction of sp³-hybridized carbons (Fsp3) is 0.462. The second kappa shape index (κ2) is 9.47. The highest BCUT2D eigenvalue weighted by Crippen LogP contribution is 2.57. The van der Waals surface area contributed by atoms with Crippen LogP contribution in [0.3, 0.4) is 0 Å². The number of carbonyl (C=O) groups is 1. The number of aryl methyl sites for hydroxylation is 1. The number of nitrogens with one attached hydrogen (secondary N) is 3. The van der Waals surface area contributed by atoms with Crippen molar-refractivity contribution in [1.29, 1.82) is 5.41 Å². The topological polar surface area (TPSA) is 104 Å². The average molecular weight is 486 g/mol. The molecule has 1 amide bonds. The lowest BCUT2D eigenvalue weighted by Crippen LogP contribution is -2.59. The van der Waals surface area contributed by atoms with Gasteiger partial charge in [-0.25, -0.2) is 0 Å². The summed E-state index contributed by atoms with van der Waals surface area (Å²) in [5.41, 5.74) is 1.18. The molecule has 2 fully saturated rings. The lowest BCUT2D eigenvalue weighted by Gasteiger charge is -2.57. The molecule has 7 nitrogen and oxygen atoms in total. The molecule has 1 heterocycles. The van der Waals surface area contributed by atoms with Gasteiger partial charge < -0.3 is 30.6 Å². The zero-order chi connectivity index (χ0) is 24.5. The first-order chi connectivity index (χ1) is 16.1. The molecule has 0 aromatic heterocycles. The van der Waals surface area contributed by atoms with Gasteiger partial charge in [-0.3, -0.25) is 4.79 Å². The Bertz CT molecular complexity index is 1060. The molecule has 0 bridgehead atoms. The molecule has 0 unspecified atom stereocenters. The second-order valence-corrected chi connectivity index (χ2v) is 10.7. The summed E-state index contributed by atoms with van der Waals surface area (Å²) >= 11 is 6.09. The summed E-state index contributed by atoms with van der Waals surface area (Å²) in [7, 11) is 0. The van der Waals surface area contributed by atoms with Gasteiger partial charge in [0.25, 0.3) is 5.91 Å². The van der Waals surface area contributed by atoms with E-state index in [0.29, 0.717) is 16.5 Å². The van der Waals surface area contributed by atoms with Crippen molar-refractivity contribution in [1.82, 2.24) is 10.6 Å². The van der Waals surface area contributed by atoms with E-state index in [1.807, 2.05) is 25.1 Å². The van der Waals surface area contributed by atoms with Crippen molar-refractivity contribution in [2.75, 3.05) is 6.61 Å². The summed E-state index contributed by atoms with van der Waals surface area (Å²) in [5, 5.41) is 24.2. The number of dihydropyridines is 1. The highest BCUT2D eigenvalue weighted by atomic mass is 35.5. The van der Waals surface area contributed by atoms with Gasteiger partial charge in [0.1, 0.15) is 18.1 Å². The van der Waals surface area contributed by atoms with Crippen molar-refractivity contribution in [3.63, 3.8) is 0 Å². The Morgan fingerprint density at radius 2 is 2.06 bits per heavy atom. The monoisotopic (exact) mass is 485 g/mol.